The summed E-state index contributed by atoms with van der Waals surface area (Å²) in [5.74, 6) is 0. The highest BCUT2D eigenvalue weighted by atomic mass is 32.1. The zero-order valence-electron chi connectivity index (χ0n) is 10.4. The molecule has 0 saturated heterocycles. The summed E-state index contributed by atoms with van der Waals surface area (Å²) >= 11 is 0.569. The Balaban J connectivity index is 2.33. The van der Waals surface area contributed by atoms with Gasteiger partial charge in [0.05, 0.1) is 17.4 Å². The van der Waals surface area contributed by atoms with Crippen molar-refractivity contribution in [3.8, 4) is 0 Å². The van der Waals surface area contributed by atoms with Crippen LogP contribution in [0.1, 0.15) is 34.2 Å². The Hall–Kier alpha value is -1.41. The number of hydrogen-bond donors (Lipinski definition) is 1. The largest absolute Gasteiger partial charge is 0.443 e. The molecule has 4 nitrogen and oxygen atoms in total. The van der Waals surface area contributed by atoms with Gasteiger partial charge in [0.2, 0.25) is 0 Å². The molecule has 2 heterocycles. The number of alkyl halides is 3. The molecule has 0 fully saturated rings. The van der Waals surface area contributed by atoms with Crippen LogP contribution in [-0.2, 0) is 12.7 Å². The number of nitrogens with zero attached hydrogens (tertiary/aromatic N) is 3. The maximum absolute atomic E-state index is 12.5. The molecule has 19 heavy (non-hydrogen) atoms. The number of halogens is 3. The fraction of sp³-hybridized carbons (Fsp3) is 0.455. The van der Waals surface area contributed by atoms with E-state index in [2.05, 4.69) is 10.1 Å². The summed E-state index contributed by atoms with van der Waals surface area (Å²) in [6.45, 7) is 4.33. The van der Waals surface area contributed by atoms with Crippen LogP contribution >= 0.6 is 11.3 Å². The summed E-state index contributed by atoms with van der Waals surface area (Å²) < 4.78 is 39.2. The van der Waals surface area contributed by atoms with Crippen LogP contribution in [0.5, 0.6) is 0 Å². The first kappa shape index (κ1) is 14.0. The van der Waals surface area contributed by atoms with E-state index >= 15 is 0 Å². The number of aryl methyl sites for hydroxylation is 2. The standard InChI is InChI=1S/C11H13F3N4S/c1-3-18-7(4-6(2)17-18)9(15)8-5-16-10(19-8)11(12,13)14/h4-5,9H,3,15H2,1-2H3. The normalized spacial score (nSPS) is 13.8. The molecule has 0 spiro atoms. The van der Waals surface area contributed by atoms with Gasteiger partial charge < -0.3 is 5.73 Å². The van der Waals surface area contributed by atoms with Crippen LogP contribution in [0.25, 0.3) is 0 Å². The number of rotatable bonds is 3. The van der Waals surface area contributed by atoms with Crippen LogP contribution in [0, 0.1) is 6.92 Å². The number of aromatic nitrogens is 3. The van der Waals surface area contributed by atoms with Gasteiger partial charge in [0.1, 0.15) is 0 Å². The zero-order valence-corrected chi connectivity index (χ0v) is 11.2. The van der Waals surface area contributed by atoms with Crippen LogP contribution < -0.4 is 5.73 Å². The quantitative estimate of drug-likeness (QED) is 0.945. The summed E-state index contributed by atoms with van der Waals surface area (Å²) in [7, 11) is 0. The molecule has 1 atom stereocenters. The molecule has 0 amide bonds. The maximum Gasteiger partial charge on any atom is 0.443 e. The molecule has 2 aromatic rings. The number of hydrogen-bond acceptors (Lipinski definition) is 4. The van der Waals surface area contributed by atoms with E-state index in [0.29, 0.717) is 28.5 Å². The molecular formula is C11H13F3N4S. The van der Waals surface area contributed by atoms with Gasteiger partial charge in [-0.1, -0.05) is 0 Å². The minimum Gasteiger partial charge on any atom is -0.318 e. The van der Waals surface area contributed by atoms with Crippen LogP contribution in [0.2, 0.25) is 0 Å². The first-order valence-corrected chi connectivity index (χ1v) is 6.47. The minimum absolute atomic E-state index is 0.377. The number of nitrogens with two attached hydrogens (primary N) is 1. The molecule has 0 aliphatic heterocycles. The van der Waals surface area contributed by atoms with Crippen molar-refractivity contribution in [2.75, 3.05) is 0 Å². The van der Waals surface area contributed by atoms with Crippen molar-refractivity contribution < 1.29 is 13.2 Å². The highest BCUT2D eigenvalue weighted by molar-refractivity contribution is 7.11. The van der Waals surface area contributed by atoms with Crippen molar-refractivity contribution in [3.05, 3.63) is 33.5 Å². The Morgan fingerprint density at radius 1 is 1.47 bits per heavy atom. The molecule has 0 bridgehead atoms. The van der Waals surface area contributed by atoms with Crippen LogP contribution in [-0.4, -0.2) is 14.8 Å². The lowest BCUT2D eigenvalue weighted by Gasteiger charge is -2.10. The molecule has 1 unspecified atom stereocenters. The van der Waals surface area contributed by atoms with E-state index in [1.54, 1.807) is 10.7 Å². The molecule has 8 heteroatoms. The van der Waals surface area contributed by atoms with Gasteiger partial charge in [-0.25, -0.2) is 4.98 Å². The smallest absolute Gasteiger partial charge is 0.318 e. The number of thiazole rings is 1. The lowest BCUT2D eigenvalue weighted by molar-refractivity contribution is -0.137. The predicted molar refractivity (Wildman–Crippen MR) is 65.8 cm³/mol. The van der Waals surface area contributed by atoms with E-state index in [0.717, 1.165) is 5.69 Å². The van der Waals surface area contributed by atoms with Gasteiger partial charge in [0.25, 0.3) is 0 Å². The minimum atomic E-state index is -4.43. The summed E-state index contributed by atoms with van der Waals surface area (Å²) in [6, 6.07) is 1.14. The molecule has 0 radical (unpaired) electrons. The molecular weight excluding hydrogens is 277 g/mol. The second-order valence-corrected chi connectivity index (χ2v) is 5.13. The highest BCUT2D eigenvalue weighted by Crippen LogP contribution is 2.35. The second-order valence-electron chi connectivity index (χ2n) is 4.07. The molecule has 0 aliphatic carbocycles. The topological polar surface area (TPSA) is 56.7 Å². The summed E-state index contributed by atoms with van der Waals surface area (Å²) in [6.07, 6.45) is -3.25. The fourth-order valence-electron chi connectivity index (χ4n) is 1.78. The first-order valence-electron chi connectivity index (χ1n) is 5.65. The molecule has 2 rings (SSSR count). The van der Waals surface area contributed by atoms with Gasteiger partial charge >= 0.3 is 6.18 Å². The van der Waals surface area contributed by atoms with Crippen molar-refractivity contribution in [2.45, 2.75) is 32.6 Å². The Labute approximate surface area is 112 Å². The zero-order chi connectivity index (χ0) is 14.2. The van der Waals surface area contributed by atoms with Gasteiger partial charge in [-0.15, -0.1) is 11.3 Å². The monoisotopic (exact) mass is 290 g/mol. The molecule has 104 valence electrons. The van der Waals surface area contributed by atoms with Crippen LogP contribution in [0.3, 0.4) is 0 Å². The lowest BCUT2D eigenvalue weighted by Crippen LogP contribution is -2.16. The summed E-state index contributed by atoms with van der Waals surface area (Å²) in [5.41, 5.74) is 7.48. The van der Waals surface area contributed by atoms with Gasteiger partial charge in [-0.3, -0.25) is 4.68 Å². The third kappa shape index (κ3) is 2.79. The third-order valence-corrected chi connectivity index (χ3v) is 3.75. The van der Waals surface area contributed by atoms with E-state index < -0.39 is 17.2 Å². The van der Waals surface area contributed by atoms with E-state index in [1.807, 2.05) is 13.8 Å². The molecule has 0 aromatic carbocycles. The van der Waals surface area contributed by atoms with Gasteiger partial charge in [-0.2, -0.15) is 18.3 Å². The van der Waals surface area contributed by atoms with Crippen molar-refractivity contribution in [1.82, 2.24) is 14.8 Å². The van der Waals surface area contributed by atoms with E-state index in [9.17, 15) is 13.2 Å². The summed E-state index contributed by atoms with van der Waals surface area (Å²) in [4.78, 5) is 3.76. The van der Waals surface area contributed by atoms with E-state index in [-0.39, 0.29) is 0 Å². The van der Waals surface area contributed by atoms with Crippen molar-refractivity contribution >= 4 is 11.3 Å². The predicted octanol–water partition coefficient (Wildman–Crippen LogP) is 2.73. The van der Waals surface area contributed by atoms with E-state index in [1.165, 1.54) is 6.20 Å². The van der Waals surface area contributed by atoms with Crippen LogP contribution in [0.4, 0.5) is 13.2 Å². The lowest BCUT2D eigenvalue weighted by atomic mass is 10.2. The SMILES string of the molecule is CCn1nc(C)cc1C(N)c1cnc(C(F)(F)F)s1. The fourth-order valence-corrected chi connectivity index (χ4v) is 2.57. The van der Waals surface area contributed by atoms with Crippen LogP contribution in [0.15, 0.2) is 12.3 Å². The third-order valence-electron chi connectivity index (χ3n) is 2.62. The van der Waals surface area contributed by atoms with Gasteiger partial charge in [-0.05, 0) is 19.9 Å². The van der Waals surface area contributed by atoms with Gasteiger partial charge in [0.15, 0.2) is 5.01 Å². The van der Waals surface area contributed by atoms with Crippen molar-refractivity contribution in [1.29, 1.82) is 0 Å². The second kappa shape index (κ2) is 4.93. The average molecular weight is 290 g/mol. The Morgan fingerprint density at radius 3 is 2.68 bits per heavy atom. The molecule has 2 aromatic heterocycles. The highest BCUT2D eigenvalue weighted by Gasteiger charge is 2.35. The first-order chi connectivity index (χ1) is 8.82. The molecule has 0 saturated carbocycles. The summed E-state index contributed by atoms with van der Waals surface area (Å²) in [5, 5.41) is 3.35. The average Bonchev–Trinajstić information content (AvgIpc) is 2.93. The Kier molecular flexibility index (Phi) is 3.64. The van der Waals surface area contributed by atoms with Crippen molar-refractivity contribution in [3.63, 3.8) is 0 Å². The Morgan fingerprint density at radius 2 is 2.16 bits per heavy atom. The maximum atomic E-state index is 12.5. The van der Waals surface area contributed by atoms with E-state index in [4.69, 9.17) is 5.73 Å². The van der Waals surface area contributed by atoms with Crippen molar-refractivity contribution in [2.24, 2.45) is 5.73 Å². The Bertz CT molecular complexity index is 573. The molecule has 2 N–H and O–H groups in total. The molecule has 0 aliphatic rings. The van der Waals surface area contributed by atoms with Gasteiger partial charge in [0, 0.05) is 17.6 Å².